The summed E-state index contributed by atoms with van der Waals surface area (Å²) in [6.07, 6.45) is -8.83. The molecule has 1 amide bonds. The highest BCUT2D eigenvalue weighted by Gasteiger charge is 2.37. The van der Waals surface area contributed by atoms with Gasteiger partial charge in [-0.3, -0.25) is 4.79 Å². The van der Waals surface area contributed by atoms with Gasteiger partial charge in [-0.25, -0.2) is 9.78 Å². The number of H-pyrrole nitrogens is 1. The van der Waals surface area contributed by atoms with Crippen molar-refractivity contribution in [2.24, 2.45) is 0 Å². The number of carbonyl (C=O) groups is 1. The average Bonchev–Trinajstić information content (AvgIpc) is 2.51. The van der Waals surface area contributed by atoms with E-state index >= 15 is 0 Å². The van der Waals surface area contributed by atoms with Crippen molar-refractivity contribution in [2.75, 3.05) is 11.1 Å². The van der Waals surface area contributed by atoms with Gasteiger partial charge in [-0.05, 0) is 24.3 Å². The minimum Gasteiger partial charge on any atom is -0.325 e. The van der Waals surface area contributed by atoms with E-state index in [0.29, 0.717) is 12.1 Å². The fraction of sp³-hybridized carbons (Fsp3) is 0.214. The zero-order valence-corrected chi connectivity index (χ0v) is 13.4. The zero-order chi connectivity index (χ0) is 19.5. The summed E-state index contributed by atoms with van der Waals surface area (Å²) in [6.45, 7) is 0. The molecule has 0 unspecified atom stereocenters. The van der Waals surface area contributed by atoms with Gasteiger partial charge in [0.1, 0.15) is 0 Å². The topological polar surface area (TPSA) is 74.8 Å². The summed E-state index contributed by atoms with van der Waals surface area (Å²) < 4.78 is 76.5. The number of nitrogens with one attached hydrogen (secondary N) is 2. The molecule has 12 heteroatoms. The van der Waals surface area contributed by atoms with E-state index in [9.17, 15) is 35.9 Å². The first kappa shape index (κ1) is 19.8. The van der Waals surface area contributed by atoms with Gasteiger partial charge in [0.05, 0.1) is 21.9 Å². The third-order valence-corrected chi connectivity index (χ3v) is 3.83. The Kier molecular flexibility index (Phi) is 5.64. The summed E-state index contributed by atoms with van der Waals surface area (Å²) in [4.78, 5) is 28.5. The molecule has 5 nitrogen and oxygen atoms in total. The number of amides is 1. The van der Waals surface area contributed by atoms with E-state index in [1.165, 1.54) is 12.3 Å². The van der Waals surface area contributed by atoms with Crippen molar-refractivity contribution in [2.45, 2.75) is 17.4 Å². The van der Waals surface area contributed by atoms with Gasteiger partial charge in [-0.1, -0.05) is 11.8 Å². The van der Waals surface area contributed by atoms with Crippen LogP contribution in [0.4, 0.5) is 32.0 Å². The van der Waals surface area contributed by atoms with Crippen LogP contribution in [-0.2, 0) is 17.1 Å². The number of hydrogen-bond donors (Lipinski definition) is 2. The van der Waals surface area contributed by atoms with Crippen molar-refractivity contribution < 1.29 is 31.1 Å². The van der Waals surface area contributed by atoms with Crippen molar-refractivity contribution in [3.8, 4) is 0 Å². The second-order valence-electron chi connectivity index (χ2n) is 4.87. The Morgan fingerprint density at radius 1 is 1.08 bits per heavy atom. The molecule has 0 bridgehead atoms. The molecule has 1 aromatic heterocycles. The third kappa shape index (κ3) is 5.51. The molecule has 0 fully saturated rings. The van der Waals surface area contributed by atoms with Gasteiger partial charge in [0.2, 0.25) is 5.91 Å². The first-order chi connectivity index (χ1) is 11.9. The standard InChI is InChI=1S/C14H9F6N3O2S/c15-13(16,17)7-3-8(14(18,19)20)5-9(4-7)22-10(24)6-26-11-1-2-21-12(25)23-11/h1-5H,6H2,(H,22,24)(H,21,23,25). The van der Waals surface area contributed by atoms with Crippen LogP contribution in [0, 0.1) is 0 Å². The highest BCUT2D eigenvalue weighted by Crippen LogP contribution is 2.37. The number of hydrogen-bond acceptors (Lipinski definition) is 4. The van der Waals surface area contributed by atoms with Crippen molar-refractivity contribution in [3.63, 3.8) is 0 Å². The molecule has 1 aromatic carbocycles. The Balaban J connectivity index is 2.17. The number of anilines is 1. The first-order valence-electron chi connectivity index (χ1n) is 6.72. The molecule has 0 aliphatic carbocycles. The molecule has 2 N–H and O–H groups in total. The molecule has 0 radical (unpaired) electrons. The van der Waals surface area contributed by atoms with Crippen LogP contribution in [0.2, 0.25) is 0 Å². The number of thioether (sulfide) groups is 1. The molecule has 0 aliphatic rings. The van der Waals surface area contributed by atoms with Crippen LogP contribution < -0.4 is 11.0 Å². The van der Waals surface area contributed by atoms with Gasteiger partial charge in [-0.15, -0.1) is 0 Å². The second-order valence-corrected chi connectivity index (χ2v) is 5.89. The van der Waals surface area contributed by atoms with Crippen LogP contribution in [0.5, 0.6) is 0 Å². The highest BCUT2D eigenvalue weighted by molar-refractivity contribution is 7.99. The van der Waals surface area contributed by atoms with Crippen molar-refractivity contribution >= 4 is 23.4 Å². The van der Waals surface area contributed by atoms with E-state index in [1.807, 2.05) is 5.32 Å². The largest absolute Gasteiger partial charge is 0.416 e. The zero-order valence-electron chi connectivity index (χ0n) is 12.5. The van der Waals surface area contributed by atoms with Crippen molar-refractivity contribution in [1.82, 2.24) is 9.97 Å². The minimum absolute atomic E-state index is 0.0356. The predicted octanol–water partition coefficient (Wildman–Crippen LogP) is 3.54. The summed E-state index contributed by atoms with van der Waals surface area (Å²) >= 11 is 0.829. The predicted molar refractivity (Wildman–Crippen MR) is 80.7 cm³/mol. The Morgan fingerprint density at radius 3 is 2.15 bits per heavy atom. The van der Waals surface area contributed by atoms with Crippen molar-refractivity contribution in [1.29, 1.82) is 0 Å². The number of alkyl halides is 6. The van der Waals surface area contributed by atoms with Gasteiger partial charge < -0.3 is 10.3 Å². The van der Waals surface area contributed by atoms with Gasteiger partial charge in [0.15, 0.2) is 0 Å². The monoisotopic (exact) mass is 397 g/mol. The lowest BCUT2D eigenvalue weighted by Crippen LogP contribution is -2.17. The SMILES string of the molecule is O=C(CSc1ccnc(=O)[nH]1)Nc1cc(C(F)(F)F)cc(C(F)(F)F)c1. The van der Waals surface area contributed by atoms with E-state index in [1.54, 1.807) is 0 Å². The maximum atomic E-state index is 12.8. The van der Waals surface area contributed by atoms with Crippen LogP contribution in [0.1, 0.15) is 11.1 Å². The molecule has 0 atom stereocenters. The van der Waals surface area contributed by atoms with E-state index < -0.39 is 40.8 Å². The number of rotatable bonds is 4. The van der Waals surface area contributed by atoms with Gasteiger partial charge in [0.25, 0.3) is 0 Å². The number of halogens is 6. The van der Waals surface area contributed by atoms with Crippen LogP contribution >= 0.6 is 11.8 Å². The maximum Gasteiger partial charge on any atom is 0.416 e. The van der Waals surface area contributed by atoms with Crippen LogP contribution in [0.3, 0.4) is 0 Å². The lowest BCUT2D eigenvalue weighted by Gasteiger charge is -2.14. The summed E-state index contributed by atoms with van der Waals surface area (Å²) in [5.74, 6) is -1.20. The van der Waals surface area contributed by atoms with Gasteiger partial charge >= 0.3 is 18.0 Å². The number of carbonyl (C=O) groups excluding carboxylic acids is 1. The molecular weight excluding hydrogens is 388 g/mol. The Bertz CT molecular complexity index is 830. The smallest absolute Gasteiger partial charge is 0.325 e. The highest BCUT2D eigenvalue weighted by atomic mass is 32.2. The lowest BCUT2D eigenvalue weighted by molar-refractivity contribution is -0.143. The third-order valence-electron chi connectivity index (χ3n) is 2.88. The molecule has 0 saturated carbocycles. The molecule has 2 rings (SSSR count). The average molecular weight is 397 g/mol. The molecule has 0 spiro atoms. The quantitative estimate of drug-likeness (QED) is 0.470. The lowest BCUT2D eigenvalue weighted by atomic mass is 10.1. The normalized spacial score (nSPS) is 12.1. The molecule has 0 saturated heterocycles. The van der Waals surface area contributed by atoms with Crippen molar-refractivity contribution in [3.05, 3.63) is 52.1 Å². The Hall–Kier alpha value is -2.50. The molecule has 140 valence electrons. The van der Waals surface area contributed by atoms with Crippen LogP contribution in [0.15, 0.2) is 40.3 Å². The maximum absolute atomic E-state index is 12.8. The fourth-order valence-electron chi connectivity index (χ4n) is 1.80. The number of benzene rings is 1. The van der Waals surface area contributed by atoms with E-state index in [-0.39, 0.29) is 16.8 Å². The number of nitrogens with zero attached hydrogens (tertiary/aromatic N) is 1. The molecular formula is C14H9F6N3O2S. The van der Waals surface area contributed by atoms with E-state index in [4.69, 9.17) is 0 Å². The molecule has 26 heavy (non-hydrogen) atoms. The van der Waals surface area contributed by atoms with Crippen LogP contribution in [-0.4, -0.2) is 21.6 Å². The number of aromatic amines is 1. The molecule has 2 aromatic rings. The Labute approximate surface area is 145 Å². The minimum atomic E-state index is -5.01. The van der Waals surface area contributed by atoms with E-state index in [2.05, 4.69) is 9.97 Å². The molecule has 0 aliphatic heterocycles. The fourth-order valence-corrected chi connectivity index (χ4v) is 2.48. The summed E-state index contributed by atoms with van der Waals surface area (Å²) in [5.41, 5.74) is -4.37. The summed E-state index contributed by atoms with van der Waals surface area (Å²) in [5, 5.41) is 2.25. The second kappa shape index (κ2) is 7.40. The summed E-state index contributed by atoms with van der Waals surface area (Å²) in [7, 11) is 0. The molecule has 1 heterocycles. The number of aromatic nitrogens is 2. The van der Waals surface area contributed by atoms with E-state index in [0.717, 1.165) is 11.8 Å². The Morgan fingerprint density at radius 2 is 1.65 bits per heavy atom. The van der Waals surface area contributed by atoms with Gasteiger partial charge in [0, 0.05) is 11.9 Å². The van der Waals surface area contributed by atoms with Crippen LogP contribution in [0.25, 0.3) is 0 Å². The van der Waals surface area contributed by atoms with Gasteiger partial charge in [-0.2, -0.15) is 26.3 Å². The first-order valence-corrected chi connectivity index (χ1v) is 7.71. The summed E-state index contributed by atoms with van der Waals surface area (Å²) in [6, 6.07) is 2.16.